The standard InChI is InChI=1S/C13H19FN2O3/c1-10(2)19-8-4-3-7-15-13-6-5-11(16(17)18)9-12(13)14/h5-6,9-10,15H,3-4,7-8H2,1-2H3. The van der Waals surface area contributed by atoms with E-state index in [0.717, 1.165) is 18.9 Å². The van der Waals surface area contributed by atoms with Crippen molar-refractivity contribution in [3.05, 3.63) is 34.1 Å². The number of nitro benzene ring substituents is 1. The van der Waals surface area contributed by atoms with Crippen LogP contribution in [0, 0.1) is 15.9 Å². The molecular formula is C13H19FN2O3. The lowest BCUT2D eigenvalue weighted by Gasteiger charge is -2.09. The van der Waals surface area contributed by atoms with Gasteiger partial charge >= 0.3 is 0 Å². The van der Waals surface area contributed by atoms with E-state index in [1.165, 1.54) is 12.1 Å². The third-order valence-electron chi connectivity index (χ3n) is 2.50. The molecule has 1 N–H and O–H groups in total. The van der Waals surface area contributed by atoms with Crippen LogP contribution >= 0.6 is 0 Å². The van der Waals surface area contributed by atoms with Crippen LogP contribution in [0.5, 0.6) is 0 Å². The molecule has 19 heavy (non-hydrogen) atoms. The molecule has 0 spiro atoms. The molecule has 0 bridgehead atoms. The average Bonchev–Trinajstić information content (AvgIpc) is 2.34. The Morgan fingerprint density at radius 3 is 2.74 bits per heavy atom. The van der Waals surface area contributed by atoms with E-state index in [-0.39, 0.29) is 17.5 Å². The zero-order chi connectivity index (χ0) is 14.3. The fourth-order valence-corrected chi connectivity index (χ4v) is 1.53. The lowest BCUT2D eigenvalue weighted by Crippen LogP contribution is -2.07. The van der Waals surface area contributed by atoms with Crippen molar-refractivity contribution in [1.82, 2.24) is 0 Å². The molecule has 106 valence electrons. The van der Waals surface area contributed by atoms with E-state index in [1.54, 1.807) is 0 Å². The molecule has 5 nitrogen and oxygen atoms in total. The van der Waals surface area contributed by atoms with Gasteiger partial charge in [0.05, 0.1) is 22.8 Å². The van der Waals surface area contributed by atoms with Gasteiger partial charge in [0, 0.05) is 19.2 Å². The number of anilines is 1. The molecule has 0 aliphatic heterocycles. The van der Waals surface area contributed by atoms with Crippen LogP contribution in [0.15, 0.2) is 18.2 Å². The number of benzene rings is 1. The first-order valence-electron chi connectivity index (χ1n) is 6.30. The summed E-state index contributed by atoms with van der Waals surface area (Å²) < 4.78 is 18.9. The number of hydrogen-bond donors (Lipinski definition) is 1. The smallest absolute Gasteiger partial charge is 0.272 e. The Kier molecular flexibility index (Phi) is 6.21. The third kappa shape index (κ3) is 5.65. The number of rotatable bonds is 8. The maximum Gasteiger partial charge on any atom is 0.272 e. The van der Waals surface area contributed by atoms with Crippen LogP contribution in [0.3, 0.4) is 0 Å². The van der Waals surface area contributed by atoms with Gasteiger partial charge in [0.25, 0.3) is 5.69 Å². The third-order valence-corrected chi connectivity index (χ3v) is 2.50. The zero-order valence-corrected chi connectivity index (χ0v) is 11.2. The molecule has 0 unspecified atom stereocenters. The summed E-state index contributed by atoms with van der Waals surface area (Å²) in [4.78, 5) is 9.84. The number of ether oxygens (including phenoxy) is 1. The minimum atomic E-state index is -0.615. The molecule has 0 amide bonds. The molecule has 0 aliphatic carbocycles. The Bertz CT molecular complexity index is 424. The number of hydrogen-bond acceptors (Lipinski definition) is 4. The number of nitrogens with one attached hydrogen (secondary N) is 1. The van der Waals surface area contributed by atoms with Gasteiger partial charge in [-0.25, -0.2) is 4.39 Å². The Morgan fingerprint density at radius 2 is 2.16 bits per heavy atom. The molecule has 0 fully saturated rings. The van der Waals surface area contributed by atoms with Gasteiger partial charge in [-0.1, -0.05) is 0 Å². The van der Waals surface area contributed by atoms with Gasteiger partial charge in [0.2, 0.25) is 0 Å². The van der Waals surface area contributed by atoms with Crippen LogP contribution in [0.4, 0.5) is 15.8 Å². The molecule has 0 heterocycles. The van der Waals surface area contributed by atoms with Crippen molar-refractivity contribution in [2.24, 2.45) is 0 Å². The molecule has 0 saturated heterocycles. The second-order valence-electron chi connectivity index (χ2n) is 4.47. The maximum atomic E-state index is 13.5. The van der Waals surface area contributed by atoms with E-state index in [9.17, 15) is 14.5 Å². The van der Waals surface area contributed by atoms with Crippen LogP contribution in [0.25, 0.3) is 0 Å². The van der Waals surface area contributed by atoms with E-state index in [1.807, 2.05) is 13.8 Å². The fourth-order valence-electron chi connectivity index (χ4n) is 1.53. The summed E-state index contributed by atoms with van der Waals surface area (Å²) in [6.45, 7) is 5.24. The molecule has 0 aromatic heterocycles. The summed E-state index contributed by atoms with van der Waals surface area (Å²) in [6, 6.07) is 3.59. The SMILES string of the molecule is CC(C)OCCCCNc1ccc([N+](=O)[O-])cc1F. The van der Waals surface area contributed by atoms with Crippen molar-refractivity contribution in [3.63, 3.8) is 0 Å². The minimum Gasteiger partial charge on any atom is -0.383 e. The molecule has 1 aromatic carbocycles. The molecule has 0 aliphatic rings. The maximum absolute atomic E-state index is 13.5. The van der Waals surface area contributed by atoms with Gasteiger partial charge in [0.15, 0.2) is 5.82 Å². The van der Waals surface area contributed by atoms with E-state index >= 15 is 0 Å². The lowest BCUT2D eigenvalue weighted by molar-refractivity contribution is -0.385. The first-order valence-corrected chi connectivity index (χ1v) is 6.30. The lowest BCUT2D eigenvalue weighted by atomic mass is 10.2. The van der Waals surface area contributed by atoms with Gasteiger partial charge in [-0.05, 0) is 32.8 Å². The highest BCUT2D eigenvalue weighted by Gasteiger charge is 2.09. The predicted octanol–water partition coefficient (Wildman–Crippen LogP) is 3.35. The van der Waals surface area contributed by atoms with Gasteiger partial charge in [-0.2, -0.15) is 0 Å². The van der Waals surface area contributed by atoms with E-state index in [4.69, 9.17) is 4.74 Å². The second-order valence-corrected chi connectivity index (χ2v) is 4.47. The monoisotopic (exact) mass is 270 g/mol. The van der Waals surface area contributed by atoms with Crippen molar-refractivity contribution in [2.45, 2.75) is 32.8 Å². The zero-order valence-electron chi connectivity index (χ0n) is 11.2. The van der Waals surface area contributed by atoms with Crippen molar-refractivity contribution in [2.75, 3.05) is 18.5 Å². The van der Waals surface area contributed by atoms with Gasteiger partial charge < -0.3 is 10.1 Å². The van der Waals surface area contributed by atoms with E-state index in [2.05, 4.69) is 5.32 Å². The van der Waals surface area contributed by atoms with Crippen LogP contribution in [0.1, 0.15) is 26.7 Å². The first kappa shape index (κ1) is 15.4. The number of nitrogens with zero attached hydrogens (tertiary/aromatic N) is 1. The van der Waals surface area contributed by atoms with Crippen LogP contribution in [-0.2, 0) is 4.74 Å². The Labute approximate surface area is 111 Å². The summed E-state index contributed by atoms with van der Waals surface area (Å²) in [6.07, 6.45) is 1.96. The van der Waals surface area contributed by atoms with Crippen molar-refractivity contribution >= 4 is 11.4 Å². The second kappa shape index (κ2) is 7.68. The summed E-state index contributed by atoms with van der Waals surface area (Å²) in [5.74, 6) is -0.604. The highest BCUT2D eigenvalue weighted by Crippen LogP contribution is 2.20. The van der Waals surface area contributed by atoms with Gasteiger partial charge in [-0.3, -0.25) is 10.1 Å². The largest absolute Gasteiger partial charge is 0.383 e. The number of nitro groups is 1. The van der Waals surface area contributed by atoms with Crippen LogP contribution in [-0.4, -0.2) is 24.2 Å². The van der Waals surface area contributed by atoms with E-state index in [0.29, 0.717) is 13.2 Å². The van der Waals surface area contributed by atoms with Crippen molar-refractivity contribution < 1.29 is 14.1 Å². The predicted molar refractivity (Wildman–Crippen MR) is 71.9 cm³/mol. The average molecular weight is 270 g/mol. The summed E-state index contributed by atoms with van der Waals surface area (Å²) in [5.41, 5.74) is 0.0451. The summed E-state index contributed by atoms with van der Waals surface area (Å²) >= 11 is 0. The minimum absolute atomic E-state index is 0.222. The molecule has 0 atom stereocenters. The topological polar surface area (TPSA) is 64.4 Å². The summed E-state index contributed by atoms with van der Waals surface area (Å²) in [7, 11) is 0. The molecule has 0 radical (unpaired) electrons. The van der Waals surface area contributed by atoms with Crippen LogP contribution in [0.2, 0.25) is 0 Å². The fraction of sp³-hybridized carbons (Fsp3) is 0.538. The van der Waals surface area contributed by atoms with Crippen molar-refractivity contribution in [3.8, 4) is 0 Å². The molecule has 1 rings (SSSR count). The number of non-ortho nitro benzene ring substituents is 1. The highest BCUT2D eigenvalue weighted by atomic mass is 19.1. The normalized spacial score (nSPS) is 10.7. The molecule has 6 heteroatoms. The van der Waals surface area contributed by atoms with Crippen LogP contribution < -0.4 is 5.32 Å². The van der Waals surface area contributed by atoms with E-state index < -0.39 is 10.7 Å². The molecule has 1 aromatic rings. The number of unbranched alkanes of at least 4 members (excludes halogenated alkanes) is 1. The van der Waals surface area contributed by atoms with Gasteiger partial charge in [0.1, 0.15) is 0 Å². The number of halogens is 1. The quantitative estimate of drug-likeness (QED) is 0.447. The molecule has 0 saturated carbocycles. The van der Waals surface area contributed by atoms with Gasteiger partial charge in [-0.15, -0.1) is 0 Å². The van der Waals surface area contributed by atoms with Crippen molar-refractivity contribution in [1.29, 1.82) is 0 Å². The molecular weight excluding hydrogens is 251 g/mol. The first-order chi connectivity index (χ1) is 9.00. The Balaban J connectivity index is 2.32. The Morgan fingerprint density at radius 1 is 1.42 bits per heavy atom. The Hall–Kier alpha value is -1.69. The summed E-state index contributed by atoms with van der Waals surface area (Å²) in [5, 5.41) is 13.4. The highest BCUT2D eigenvalue weighted by molar-refractivity contribution is 5.49.